The van der Waals surface area contributed by atoms with Crippen LogP contribution in [0.4, 0.5) is 0 Å². The number of hydrogen-bond acceptors (Lipinski definition) is 4. The van der Waals surface area contributed by atoms with Gasteiger partial charge in [-0.3, -0.25) is 0 Å². The maximum atomic E-state index is 5.45. The van der Waals surface area contributed by atoms with E-state index in [4.69, 9.17) is 18.9 Å². The third kappa shape index (κ3) is 6.59. The van der Waals surface area contributed by atoms with Gasteiger partial charge in [0.15, 0.2) is 0 Å². The maximum Gasteiger partial charge on any atom is 0.118 e. The minimum absolute atomic E-state index is 0.541. The average molecular weight is 280 g/mol. The Morgan fingerprint density at radius 1 is 1.00 bits per heavy atom. The molecule has 0 fully saturated rings. The molecule has 0 aliphatic carbocycles. The molecule has 0 unspecified atom stereocenters. The molecule has 1 aromatic rings. The van der Waals surface area contributed by atoms with E-state index in [1.165, 1.54) is 0 Å². The summed E-state index contributed by atoms with van der Waals surface area (Å²) in [5.41, 5.74) is 2.19. The first-order valence-electron chi connectivity index (χ1n) is 6.86. The molecule has 0 bridgehead atoms. The second kappa shape index (κ2) is 10.3. The molecule has 0 saturated heterocycles. The van der Waals surface area contributed by atoms with Crippen molar-refractivity contribution in [2.24, 2.45) is 0 Å². The number of benzene rings is 1. The van der Waals surface area contributed by atoms with Gasteiger partial charge in [-0.1, -0.05) is 12.1 Å². The normalized spacial score (nSPS) is 11.4. The largest absolute Gasteiger partial charge is 0.498 e. The second-order valence-corrected chi connectivity index (χ2v) is 4.21. The van der Waals surface area contributed by atoms with E-state index in [9.17, 15) is 0 Å². The smallest absolute Gasteiger partial charge is 0.118 e. The van der Waals surface area contributed by atoms with Gasteiger partial charge >= 0.3 is 0 Å². The fraction of sp³-hybridized carbons (Fsp3) is 0.500. The highest BCUT2D eigenvalue weighted by atomic mass is 16.5. The van der Waals surface area contributed by atoms with Crippen LogP contribution in [-0.4, -0.2) is 40.1 Å². The quantitative estimate of drug-likeness (QED) is 0.487. The third-order valence-corrected chi connectivity index (χ3v) is 2.73. The molecule has 0 atom stereocenters. The summed E-state index contributed by atoms with van der Waals surface area (Å²) < 4.78 is 21.1. The Morgan fingerprint density at radius 2 is 1.65 bits per heavy atom. The van der Waals surface area contributed by atoms with Crippen molar-refractivity contribution in [2.75, 3.05) is 40.1 Å². The van der Waals surface area contributed by atoms with Crippen molar-refractivity contribution in [3.63, 3.8) is 0 Å². The summed E-state index contributed by atoms with van der Waals surface area (Å²) in [6.07, 6.45) is 1.76. The summed E-state index contributed by atoms with van der Waals surface area (Å²) >= 11 is 0. The van der Waals surface area contributed by atoms with Gasteiger partial charge in [0, 0.05) is 6.61 Å². The molecule has 0 aliphatic rings. The minimum Gasteiger partial charge on any atom is -0.498 e. The molecule has 112 valence electrons. The van der Waals surface area contributed by atoms with Crippen LogP contribution in [0.25, 0.3) is 5.57 Å². The zero-order chi connectivity index (χ0) is 14.6. The SMILES string of the molecule is CCOCCOCCO/C=C(/C)c1ccc(OC)cc1. The molecule has 0 amide bonds. The molecule has 0 radical (unpaired) electrons. The van der Waals surface area contributed by atoms with Gasteiger partial charge in [0.25, 0.3) is 0 Å². The van der Waals surface area contributed by atoms with Crippen molar-refractivity contribution in [3.8, 4) is 5.75 Å². The van der Waals surface area contributed by atoms with Crippen LogP contribution in [0, 0.1) is 0 Å². The van der Waals surface area contributed by atoms with Crippen LogP contribution in [0.1, 0.15) is 19.4 Å². The van der Waals surface area contributed by atoms with Gasteiger partial charge in [-0.25, -0.2) is 0 Å². The van der Waals surface area contributed by atoms with Gasteiger partial charge in [0.2, 0.25) is 0 Å². The molecule has 0 aliphatic heterocycles. The second-order valence-electron chi connectivity index (χ2n) is 4.21. The Bertz CT molecular complexity index is 384. The Morgan fingerprint density at radius 3 is 2.30 bits per heavy atom. The van der Waals surface area contributed by atoms with Crippen LogP contribution in [-0.2, 0) is 14.2 Å². The van der Waals surface area contributed by atoms with E-state index >= 15 is 0 Å². The number of ether oxygens (including phenoxy) is 4. The lowest BCUT2D eigenvalue weighted by molar-refractivity contribution is 0.0343. The average Bonchev–Trinajstić information content (AvgIpc) is 2.50. The first-order chi connectivity index (χ1) is 9.77. The third-order valence-electron chi connectivity index (χ3n) is 2.73. The van der Waals surface area contributed by atoms with E-state index in [1.54, 1.807) is 13.4 Å². The Hall–Kier alpha value is -1.52. The molecule has 0 saturated carbocycles. The minimum atomic E-state index is 0.541. The van der Waals surface area contributed by atoms with E-state index < -0.39 is 0 Å². The lowest BCUT2D eigenvalue weighted by Gasteiger charge is -2.06. The highest BCUT2D eigenvalue weighted by molar-refractivity contribution is 5.63. The number of allylic oxidation sites excluding steroid dienone is 1. The topological polar surface area (TPSA) is 36.9 Å². The molecular weight excluding hydrogens is 256 g/mol. The highest BCUT2D eigenvalue weighted by Crippen LogP contribution is 2.17. The van der Waals surface area contributed by atoms with E-state index in [-0.39, 0.29) is 0 Å². The summed E-state index contributed by atoms with van der Waals surface area (Å²) in [5.74, 6) is 0.852. The van der Waals surface area contributed by atoms with Crippen molar-refractivity contribution in [3.05, 3.63) is 36.1 Å². The standard InChI is InChI=1S/C16H24O4/c1-4-18-9-10-19-11-12-20-13-14(2)15-5-7-16(17-3)8-6-15/h5-8,13H,4,9-12H2,1-3H3/b14-13-. The zero-order valence-corrected chi connectivity index (χ0v) is 12.6. The van der Waals surface area contributed by atoms with Crippen LogP contribution in [0.5, 0.6) is 5.75 Å². The van der Waals surface area contributed by atoms with Crippen molar-refractivity contribution in [2.45, 2.75) is 13.8 Å². The first kappa shape index (κ1) is 16.5. The van der Waals surface area contributed by atoms with Crippen molar-refractivity contribution < 1.29 is 18.9 Å². The summed E-state index contributed by atoms with van der Waals surface area (Å²) in [5, 5.41) is 0. The Labute approximate surface area is 121 Å². The summed E-state index contributed by atoms with van der Waals surface area (Å²) in [6, 6.07) is 7.88. The lowest BCUT2D eigenvalue weighted by Crippen LogP contribution is -2.07. The lowest BCUT2D eigenvalue weighted by atomic mass is 10.1. The van der Waals surface area contributed by atoms with Crippen molar-refractivity contribution >= 4 is 5.57 Å². The van der Waals surface area contributed by atoms with Crippen LogP contribution in [0.15, 0.2) is 30.5 Å². The molecule has 1 rings (SSSR count). The van der Waals surface area contributed by atoms with Crippen LogP contribution in [0.3, 0.4) is 0 Å². The van der Waals surface area contributed by atoms with Gasteiger partial charge in [0.05, 0.1) is 33.2 Å². The summed E-state index contributed by atoms with van der Waals surface area (Å²) in [6.45, 7) is 7.06. The van der Waals surface area contributed by atoms with Crippen molar-refractivity contribution in [1.82, 2.24) is 0 Å². The van der Waals surface area contributed by atoms with Crippen molar-refractivity contribution in [1.29, 1.82) is 0 Å². The molecule has 4 heteroatoms. The summed E-state index contributed by atoms with van der Waals surface area (Å²) in [4.78, 5) is 0. The zero-order valence-electron chi connectivity index (χ0n) is 12.6. The molecular formula is C16H24O4. The van der Waals surface area contributed by atoms with Gasteiger partial charge in [0.1, 0.15) is 12.4 Å². The maximum absolute atomic E-state index is 5.45. The predicted octanol–water partition coefficient (Wildman–Crippen LogP) is 3.13. The number of methoxy groups -OCH3 is 1. The molecule has 1 aromatic carbocycles. The van der Waals surface area contributed by atoms with E-state index in [0.717, 1.165) is 23.5 Å². The molecule has 0 aromatic heterocycles. The molecule has 0 N–H and O–H groups in total. The van der Waals surface area contributed by atoms with Crippen LogP contribution >= 0.6 is 0 Å². The molecule has 0 heterocycles. The van der Waals surface area contributed by atoms with E-state index in [1.807, 2.05) is 38.1 Å². The Balaban J connectivity index is 2.20. The summed E-state index contributed by atoms with van der Waals surface area (Å²) in [7, 11) is 1.66. The van der Waals surface area contributed by atoms with E-state index in [0.29, 0.717) is 26.4 Å². The van der Waals surface area contributed by atoms with E-state index in [2.05, 4.69) is 0 Å². The van der Waals surface area contributed by atoms with Gasteiger partial charge in [-0.05, 0) is 37.1 Å². The van der Waals surface area contributed by atoms with Crippen LogP contribution in [0.2, 0.25) is 0 Å². The monoisotopic (exact) mass is 280 g/mol. The van der Waals surface area contributed by atoms with Gasteiger partial charge in [-0.2, -0.15) is 0 Å². The molecule has 4 nitrogen and oxygen atoms in total. The predicted molar refractivity (Wildman–Crippen MR) is 79.9 cm³/mol. The fourth-order valence-electron chi connectivity index (χ4n) is 1.58. The number of rotatable bonds is 10. The first-order valence-corrected chi connectivity index (χ1v) is 6.86. The highest BCUT2D eigenvalue weighted by Gasteiger charge is 1.97. The Kier molecular flexibility index (Phi) is 8.51. The fourth-order valence-corrected chi connectivity index (χ4v) is 1.58. The van der Waals surface area contributed by atoms with Gasteiger partial charge in [-0.15, -0.1) is 0 Å². The molecule has 20 heavy (non-hydrogen) atoms. The van der Waals surface area contributed by atoms with Crippen LogP contribution < -0.4 is 4.74 Å². The van der Waals surface area contributed by atoms with Gasteiger partial charge < -0.3 is 18.9 Å². The number of hydrogen-bond donors (Lipinski definition) is 0. The molecule has 0 spiro atoms.